The van der Waals surface area contributed by atoms with Crippen LogP contribution in [0.1, 0.15) is 39.0 Å². The van der Waals surface area contributed by atoms with Crippen molar-refractivity contribution in [1.82, 2.24) is 9.78 Å². The molecule has 0 spiro atoms. The minimum Gasteiger partial charge on any atom is -0.490 e. The lowest BCUT2D eigenvalue weighted by Gasteiger charge is -2.27. The molecule has 0 atom stereocenters. The molecule has 1 fully saturated rings. The van der Waals surface area contributed by atoms with Crippen LogP contribution >= 0.6 is 0 Å². The van der Waals surface area contributed by atoms with Gasteiger partial charge in [-0.15, -0.1) is 0 Å². The van der Waals surface area contributed by atoms with Gasteiger partial charge in [0.05, 0.1) is 24.8 Å². The molecular formula is C13H23N3O3S. The fraction of sp³-hybridized carbons (Fsp3) is 0.769. The fourth-order valence-corrected chi connectivity index (χ4v) is 4.11. The van der Waals surface area contributed by atoms with Crippen LogP contribution in [0, 0.1) is 5.41 Å². The molecule has 1 aliphatic rings. The van der Waals surface area contributed by atoms with E-state index in [1.165, 1.54) is 0 Å². The van der Waals surface area contributed by atoms with E-state index in [0.29, 0.717) is 12.4 Å². The SMILES string of the molecule is CCCn1cc(OCC2(CS(N)(=O)=O)CCCC2)cn1. The van der Waals surface area contributed by atoms with Crippen molar-refractivity contribution in [3.8, 4) is 5.75 Å². The Hall–Kier alpha value is -1.08. The number of sulfonamides is 1. The van der Waals surface area contributed by atoms with E-state index in [1.54, 1.807) is 6.20 Å². The number of primary sulfonamides is 1. The smallest absolute Gasteiger partial charge is 0.209 e. The molecule has 114 valence electrons. The summed E-state index contributed by atoms with van der Waals surface area (Å²) in [6.07, 6.45) is 8.32. The summed E-state index contributed by atoms with van der Waals surface area (Å²) in [5.74, 6) is 0.697. The summed E-state index contributed by atoms with van der Waals surface area (Å²) in [6.45, 7) is 3.33. The molecular weight excluding hydrogens is 278 g/mol. The summed E-state index contributed by atoms with van der Waals surface area (Å²) in [6, 6.07) is 0. The Kier molecular flexibility index (Phi) is 4.70. The molecule has 0 aliphatic heterocycles. The maximum Gasteiger partial charge on any atom is 0.209 e. The average molecular weight is 301 g/mol. The lowest BCUT2D eigenvalue weighted by molar-refractivity contribution is 0.170. The largest absolute Gasteiger partial charge is 0.490 e. The first-order chi connectivity index (χ1) is 9.42. The number of aromatic nitrogens is 2. The van der Waals surface area contributed by atoms with Crippen molar-refractivity contribution in [2.75, 3.05) is 12.4 Å². The molecule has 0 radical (unpaired) electrons. The Morgan fingerprint density at radius 1 is 1.45 bits per heavy atom. The summed E-state index contributed by atoms with van der Waals surface area (Å²) in [4.78, 5) is 0. The normalized spacial score (nSPS) is 18.3. The van der Waals surface area contributed by atoms with Gasteiger partial charge in [0, 0.05) is 12.0 Å². The Bertz CT molecular complexity index is 533. The highest BCUT2D eigenvalue weighted by Gasteiger charge is 2.38. The van der Waals surface area contributed by atoms with Crippen LogP contribution < -0.4 is 9.88 Å². The Morgan fingerprint density at radius 2 is 2.15 bits per heavy atom. The van der Waals surface area contributed by atoms with Crippen molar-refractivity contribution in [3.05, 3.63) is 12.4 Å². The summed E-state index contributed by atoms with van der Waals surface area (Å²) in [5.41, 5.74) is -0.333. The highest BCUT2D eigenvalue weighted by atomic mass is 32.2. The van der Waals surface area contributed by atoms with Crippen molar-refractivity contribution in [3.63, 3.8) is 0 Å². The maximum absolute atomic E-state index is 11.4. The van der Waals surface area contributed by atoms with Crippen LogP contribution in [0.2, 0.25) is 0 Å². The van der Waals surface area contributed by atoms with E-state index in [1.807, 2.05) is 10.9 Å². The quantitative estimate of drug-likeness (QED) is 0.827. The van der Waals surface area contributed by atoms with Crippen molar-refractivity contribution < 1.29 is 13.2 Å². The first kappa shape index (κ1) is 15.3. The van der Waals surface area contributed by atoms with Gasteiger partial charge in [-0.2, -0.15) is 5.10 Å². The van der Waals surface area contributed by atoms with Gasteiger partial charge in [-0.25, -0.2) is 13.6 Å². The van der Waals surface area contributed by atoms with Gasteiger partial charge in [-0.3, -0.25) is 4.68 Å². The van der Waals surface area contributed by atoms with Gasteiger partial charge in [0.25, 0.3) is 0 Å². The second-order valence-corrected chi connectivity index (χ2v) is 7.36. The topological polar surface area (TPSA) is 87.2 Å². The number of hydrogen-bond acceptors (Lipinski definition) is 4. The second-order valence-electron chi connectivity index (χ2n) is 5.74. The van der Waals surface area contributed by atoms with Crippen molar-refractivity contribution in [2.24, 2.45) is 10.6 Å². The Morgan fingerprint density at radius 3 is 2.75 bits per heavy atom. The van der Waals surface area contributed by atoms with Crippen LogP contribution in [0.4, 0.5) is 0 Å². The number of nitrogens with zero attached hydrogens (tertiary/aromatic N) is 2. The zero-order valence-corrected chi connectivity index (χ0v) is 12.7. The number of ether oxygens (including phenoxy) is 1. The number of aryl methyl sites for hydroxylation is 1. The third kappa shape index (κ3) is 4.21. The van der Waals surface area contributed by atoms with Crippen LogP contribution in [-0.2, 0) is 16.6 Å². The number of nitrogens with two attached hydrogens (primary N) is 1. The van der Waals surface area contributed by atoms with Gasteiger partial charge in [-0.05, 0) is 19.3 Å². The number of rotatable bonds is 7. The third-order valence-electron chi connectivity index (χ3n) is 3.78. The van der Waals surface area contributed by atoms with Crippen molar-refractivity contribution in [1.29, 1.82) is 0 Å². The van der Waals surface area contributed by atoms with Crippen molar-refractivity contribution in [2.45, 2.75) is 45.6 Å². The first-order valence-electron chi connectivity index (χ1n) is 7.08. The Labute approximate surface area is 120 Å². The van der Waals surface area contributed by atoms with Gasteiger partial charge >= 0.3 is 0 Å². The first-order valence-corrected chi connectivity index (χ1v) is 8.80. The predicted octanol–water partition coefficient (Wildman–Crippen LogP) is 1.52. The molecule has 1 saturated carbocycles. The molecule has 1 aliphatic carbocycles. The van der Waals surface area contributed by atoms with Crippen LogP contribution in [0.5, 0.6) is 5.75 Å². The second kappa shape index (κ2) is 6.13. The molecule has 6 nitrogen and oxygen atoms in total. The molecule has 1 aromatic heterocycles. The van der Waals surface area contributed by atoms with Crippen LogP contribution in [0.3, 0.4) is 0 Å². The molecule has 0 bridgehead atoms. The molecule has 0 saturated heterocycles. The van der Waals surface area contributed by atoms with E-state index >= 15 is 0 Å². The predicted molar refractivity (Wildman–Crippen MR) is 76.9 cm³/mol. The summed E-state index contributed by atoms with van der Waals surface area (Å²) in [7, 11) is -3.47. The summed E-state index contributed by atoms with van der Waals surface area (Å²) < 4.78 is 30.4. The average Bonchev–Trinajstić information content (AvgIpc) is 2.95. The van der Waals surface area contributed by atoms with E-state index in [9.17, 15) is 8.42 Å². The fourth-order valence-electron chi connectivity index (χ4n) is 2.89. The van der Waals surface area contributed by atoms with Crippen LogP contribution in [0.25, 0.3) is 0 Å². The van der Waals surface area contributed by atoms with Gasteiger partial charge in [0.1, 0.15) is 0 Å². The molecule has 2 N–H and O–H groups in total. The lowest BCUT2D eigenvalue weighted by Crippen LogP contribution is -2.36. The molecule has 0 amide bonds. The number of hydrogen-bond donors (Lipinski definition) is 1. The highest BCUT2D eigenvalue weighted by Crippen LogP contribution is 2.39. The molecule has 0 aromatic carbocycles. The van der Waals surface area contributed by atoms with Gasteiger partial charge in [0.15, 0.2) is 5.75 Å². The standard InChI is InChI=1S/C13H23N3O3S/c1-2-7-16-9-12(8-15-16)19-10-13(5-3-4-6-13)11-20(14,17)18/h8-9H,2-7,10-11H2,1H3,(H2,14,17,18). The molecule has 7 heteroatoms. The van der Waals surface area contributed by atoms with E-state index in [4.69, 9.17) is 9.88 Å². The van der Waals surface area contributed by atoms with E-state index in [-0.39, 0.29) is 11.2 Å². The van der Waals surface area contributed by atoms with E-state index in [2.05, 4.69) is 12.0 Å². The van der Waals surface area contributed by atoms with Crippen molar-refractivity contribution >= 4 is 10.0 Å². The van der Waals surface area contributed by atoms with Crippen LogP contribution in [-0.4, -0.2) is 30.6 Å². The van der Waals surface area contributed by atoms with Gasteiger partial charge in [0.2, 0.25) is 10.0 Å². The van der Waals surface area contributed by atoms with Gasteiger partial charge < -0.3 is 4.74 Å². The molecule has 20 heavy (non-hydrogen) atoms. The molecule has 1 aromatic rings. The lowest BCUT2D eigenvalue weighted by atomic mass is 9.90. The van der Waals surface area contributed by atoms with E-state index in [0.717, 1.165) is 38.6 Å². The maximum atomic E-state index is 11.4. The minimum atomic E-state index is -3.47. The summed E-state index contributed by atoms with van der Waals surface area (Å²) in [5, 5.41) is 9.41. The summed E-state index contributed by atoms with van der Waals surface area (Å²) >= 11 is 0. The Balaban J connectivity index is 1.98. The zero-order chi connectivity index (χ0) is 14.6. The highest BCUT2D eigenvalue weighted by molar-refractivity contribution is 7.89. The minimum absolute atomic E-state index is 0.00307. The van der Waals surface area contributed by atoms with Gasteiger partial charge in [-0.1, -0.05) is 19.8 Å². The zero-order valence-electron chi connectivity index (χ0n) is 11.9. The van der Waals surface area contributed by atoms with Crippen LogP contribution in [0.15, 0.2) is 12.4 Å². The molecule has 2 rings (SSSR count). The molecule has 1 heterocycles. The monoisotopic (exact) mass is 301 g/mol. The molecule has 0 unspecified atom stereocenters. The van der Waals surface area contributed by atoms with E-state index < -0.39 is 10.0 Å². The third-order valence-corrected chi connectivity index (χ3v) is 4.79.